The van der Waals surface area contributed by atoms with Gasteiger partial charge in [-0.3, -0.25) is 4.79 Å². The molecule has 0 radical (unpaired) electrons. The van der Waals surface area contributed by atoms with Crippen molar-refractivity contribution >= 4 is 17.4 Å². The largest absolute Gasteiger partial charge is 0.394 e. The molecule has 0 amide bonds. The fourth-order valence-corrected chi connectivity index (χ4v) is 1.60. The second-order valence-corrected chi connectivity index (χ2v) is 4.32. The number of benzene rings is 1. The highest BCUT2D eigenvalue weighted by molar-refractivity contribution is 6.30. The van der Waals surface area contributed by atoms with Crippen molar-refractivity contribution in [2.75, 3.05) is 26.4 Å². The number of aliphatic hydroxyl groups is 1. The van der Waals surface area contributed by atoms with Gasteiger partial charge in [0.25, 0.3) is 0 Å². The minimum absolute atomic E-state index is 0.0132. The number of carbonyl (C=O) groups is 1. The minimum Gasteiger partial charge on any atom is -0.394 e. The zero-order valence-electron chi connectivity index (χ0n) is 10.4. The Kier molecular flexibility index (Phi) is 6.90. The maximum absolute atomic E-state index is 12.0. The molecule has 1 atom stereocenters. The fraction of sp³-hybridized carbons (Fsp3) is 0.462. The van der Waals surface area contributed by atoms with Gasteiger partial charge < -0.3 is 15.2 Å². The summed E-state index contributed by atoms with van der Waals surface area (Å²) in [4.78, 5) is 12.0. The van der Waals surface area contributed by atoms with Crippen molar-refractivity contribution in [3.05, 3.63) is 34.9 Å². The van der Waals surface area contributed by atoms with E-state index >= 15 is 0 Å². The summed E-state index contributed by atoms with van der Waals surface area (Å²) in [6, 6.07) is 6.55. The first-order valence-corrected chi connectivity index (χ1v) is 6.24. The summed E-state index contributed by atoms with van der Waals surface area (Å²) in [6.07, 6.45) is 0. The maximum Gasteiger partial charge on any atom is 0.179 e. The van der Waals surface area contributed by atoms with E-state index in [-0.39, 0.29) is 18.4 Å². The van der Waals surface area contributed by atoms with Crippen LogP contribution in [0.2, 0.25) is 5.02 Å². The van der Waals surface area contributed by atoms with E-state index in [0.29, 0.717) is 30.3 Å². The number of nitrogens with one attached hydrogen (secondary N) is 1. The number of halogens is 1. The Morgan fingerprint density at radius 2 is 2.06 bits per heavy atom. The summed E-state index contributed by atoms with van der Waals surface area (Å²) in [5.74, 6) is 0.0221. The second-order valence-electron chi connectivity index (χ2n) is 3.88. The SMILES string of the molecule is CC(NCCOCCO)C(=O)c1ccc(Cl)cc1. The fourth-order valence-electron chi connectivity index (χ4n) is 1.47. The van der Waals surface area contributed by atoms with Gasteiger partial charge in [-0.25, -0.2) is 0 Å². The van der Waals surface area contributed by atoms with Crippen LogP contribution in [0.4, 0.5) is 0 Å². The number of hydrogen-bond donors (Lipinski definition) is 2. The Hall–Kier alpha value is -0.940. The molecule has 0 aliphatic carbocycles. The molecule has 100 valence electrons. The van der Waals surface area contributed by atoms with E-state index in [0.717, 1.165) is 0 Å². The van der Waals surface area contributed by atoms with E-state index in [9.17, 15) is 4.79 Å². The van der Waals surface area contributed by atoms with E-state index in [1.165, 1.54) is 0 Å². The minimum atomic E-state index is -0.274. The smallest absolute Gasteiger partial charge is 0.179 e. The molecule has 4 nitrogen and oxygen atoms in total. The lowest BCUT2D eigenvalue weighted by Gasteiger charge is -2.12. The summed E-state index contributed by atoms with van der Waals surface area (Å²) in [5, 5.41) is 12.2. The summed E-state index contributed by atoms with van der Waals surface area (Å²) < 4.78 is 5.09. The number of ketones is 1. The molecule has 0 saturated carbocycles. The summed E-state index contributed by atoms with van der Waals surface area (Å²) in [5.41, 5.74) is 0.635. The lowest BCUT2D eigenvalue weighted by atomic mass is 10.1. The summed E-state index contributed by atoms with van der Waals surface area (Å²) in [6.45, 7) is 3.18. The molecular weight excluding hydrogens is 254 g/mol. The molecule has 0 aliphatic rings. The van der Waals surface area contributed by atoms with Gasteiger partial charge in [-0.15, -0.1) is 0 Å². The van der Waals surface area contributed by atoms with E-state index in [1.54, 1.807) is 24.3 Å². The molecule has 1 rings (SSSR count). The zero-order valence-corrected chi connectivity index (χ0v) is 11.1. The number of aliphatic hydroxyl groups excluding tert-OH is 1. The van der Waals surface area contributed by atoms with Crippen LogP contribution < -0.4 is 5.32 Å². The van der Waals surface area contributed by atoms with Crippen molar-refractivity contribution in [1.29, 1.82) is 0 Å². The predicted octanol–water partition coefficient (Wildman–Crippen LogP) is 1.51. The highest BCUT2D eigenvalue weighted by atomic mass is 35.5. The van der Waals surface area contributed by atoms with Gasteiger partial charge in [-0.1, -0.05) is 11.6 Å². The van der Waals surface area contributed by atoms with Crippen molar-refractivity contribution in [1.82, 2.24) is 5.32 Å². The maximum atomic E-state index is 12.0. The number of carbonyl (C=O) groups excluding carboxylic acids is 1. The van der Waals surface area contributed by atoms with Gasteiger partial charge >= 0.3 is 0 Å². The molecule has 0 heterocycles. The van der Waals surface area contributed by atoms with Crippen LogP contribution in [-0.2, 0) is 4.74 Å². The standard InChI is InChI=1S/C13H18ClNO3/c1-10(15-6-8-18-9-7-16)13(17)11-2-4-12(14)5-3-11/h2-5,10,15-16H,6-9H2,1H3. The second kappa shape index (κ2) is 8.21. The van der Waals surface area contributed by atoms with Crippen LogP contribution >= 0.6 is 11.6 Å². The van der Waals surface area contributed by atoms with Crippen LogP contribution in [0.15, 0.2) is 24.3 Å². The molecular formula is C13H18ClNO3. The lowest BCUT2D eigenvalue weighted by molar-refractivity contribution is 0.0870. The monoisotopic (exact) mass is 271 g/mol. The molecule has 1 aromatic rings. The Bertz CT molecular complexity index is 367. The quantitative estimate of drug-likeness (QED) is 0.556. The predicted molar refractivity (Wildman–Crippen MR) is 71.2 cm³/mol. The van der Waals surface area contributed by atoms with Gasteiger partial charge in [-0.2, -0.15) is 0 Å². The van der Waals surface area contributed by atoms with E-state index in [1.807, 2.05) is 6.92 Å². The molecule has 0 spiro atoms. The number of hydrogen-bond acceptors (Lipinski definition) is 4. The van der Waals surface area contributed by atoms with Crippen LogP contribution in [0.3, 0.4) is 0 Å². The number of rotatable bonds is 8. The van der Waals surface area contributed by atoms with Crippen molar-refractivity contribution in [2.45, 2.75) is 13.0 Å². The first-order chi connectivity index (χ1) is 8.65. The molecule has 0 aliphatic heterocycles. The van der Waals surface area contributed by atoms with E-state index < -0.39 is 0 Å². The molecule has 0 saturated heterocycles. The molecule has 2 N–H and O–H groups in total. The number of Topliss-reactive ketones (excluding diaryl/α,β-unsaturated/α-hetero) is 1. The molecule has 0 aromatic heterocycles. The Morgan fingerprint density at radius 3 is 2.67 bits per heavy atom. The molecule has 5 heteroatoms. The van der Waals surface area contributed by atoms with Crippen LogP contribution in [0.5, 0.6) is 0 Å². The molecule has 0 bridgehead atoms. The van der Waals surface area contributed by atoms with Crippen LogP contribution in [0.1, 0.15) is 17.3 Å². The summed E-state index contributed by atoms with van der Waals surface area (Å²) in [7, 11) is 0. The first kappa shape index (κ1) is 15.1. The topological polar surface area (TPSA) is 58.6 Å². The molecule has 1 unspecified atom stereocenters. The van der Waals surface area contributed by atoms with Crippen LogP contribution in [0.25, 0.3) is 0 Å². The Morgan fingerprint density at radius 1 is 1.39 bits per heavy atom. The molecule has 0 fully saturated rings. The van der Waals surface area contributed by atoms with Gasteiger partial charge in [0.2, 0.25) is 0 Å². The van der Waals surface area contributed by atoms with Crippen LogP contribution in [-0.4, -0.2) is 43.3 Å². The van der Waals surface area contributed by atoms with Crippen molar-refractivity contribution < 1.29 is 14.6 Å². The Balaban J connectivity index is 2.34. The average Bonchev–Trinajstić information content (AvgIpc) is 2.38. The van der Waals surface area contributed by atoms with Crippen molar-refractivity contribution in [2.24, 2.45) is 0 Å². The van der Waals surface area contributed by atoms with E-state index in [4.69, 9.17) is 21.4 Å². The third-order valence-corrected chi connectivity index (χ3v) is 2.71. The van der Waals surface area contributed by atoms with Gasteiger partial charge in [0.1, 0.15) is 0 Å². The Labute approximate surface area is 112 Å². The molecule has 18 heavy (non-hydrogen) atoms. The van der Waals surface area contributed by atoms with Gasteiger partial charge in [0.05, 0.1) is 25.9 Å². The zero-order chi connectivity index (χ0) is 13.4. The molecule has 1 aromatic carbocycles. The third-order valence-electron chi connectivity index (χ3n) is 2.45. The van der Waals surface area contributed by atoms with Crippen molar-refractivity contribution in [3.63, 3.8) is 0 Å². The van der Waals surface area contributed by atoms with Gasteiger partial charge in [0, 0.05) is 17.1 Å². The normalized spacial score (nSPS) is 12.4. The van der Waals surface area contributed by atoms with Gasteiger partial charge in [0.15, 0.2) is 5.78 Å². The number of ether oxygens (including phenoxy) is 1. The average molecular weight is 272 g/mol. The highest BCUT2D eigenvalue weighted by Crippen LogP contribution is 2.11. The lowest BCUT2D eigenvalue weighted by Crippen LogP contribution is -2.36. The third kappa shape index (κ3) is 5.14. The summed E-state index contributed by atoms with van der Waals surface area (Å²) >= 11 is 5.76. The van der Waals surface area contributed by atoms with Crippen LogP contribution in [0, 0.1) is 0 Å². The van der Waals surface area contributed by atoms with Crippen molar-refractivity contribution in [3.8, 4) is 0 Å². The van der Waals surface area contributed by atoms with Gasteiger partial charge in [-0.05, 0) is 31.2 Å². The van der Waals surface area contributed by atoms with E-state index in [2.05, 4.69) is 5.32 Å². The first-order valence-electron chi connectivity index (χ1n) is 5.87. The highest BCUT2D eigenvalue weighted by Gasteiger charge is 2.13.